The molecular weight excluding hydrogens is 288 g/mol. The fourth-order valence-electron chi connectivity index (χ4n) is 3.39. The number of nitrogens with zero attached hydrogens (tertiary/aromatic N) is 1. The van der Waals surface area contributed by atoms with Crippen molar-refractivity contribution in [2.75, 3.05) is 18.0 Å². The van der Waals surface area contributed by atoms with Gasteiger partial charge in [0.05, 0.1) is 0 Å². The summed E-state index contributed by atoms with van der Waals surface area (Å²) in [5, 5.41) is 2.88. The van der Waals surface area contributed by atoms with Gasteiger partial charge in [0.1, 0.15) is 6.42 Å². The summed E-state index contributed by atoms with van der Waals surface area (Å²) in [7, 11) is 0. The highest BCUT2D eigenvalue weighted by Gasteiger charge is 2.25. The summed E-state index contributed by atoms with van der Waals surface area (Å²) in [6.45, 7) is 1.31. The van der Waals surface area contributed by atoms with Gasteiger partial charge >= 0.3 is 0 Å². The highest BCUT2D eigenvalue weighted by molar-refractivity contribution is 6.05. The van der Waals surface area contributed by atoms with Crippen LogP contribution in [-0.4, -0.2) is 24.9 Å². The lowest BCUT2D eigenvalue weighted by atomic mass is 9.97. The smallest absolute Gasteiger partial charge is 0.236 e. The molecule has 1 N–H and O–H groups in total. The summed E-state index contributed by atoms with van der Waals surface area (Å²) in [5.41, 5.74) is 3.58. The summed E-state index contributed by atoms with van der Waals surface area (Å²) in [6, 6.07) is 7.91. The minimum absolute atomic E-state index is 0.0621. The second kappa shape index (κ2) is 7.44. The molecule has 23 heavy (non-hydrogen) atoms. The molecule has 1 aromatic rings. The van der Waals surface area contributed by atoms with Gasteiger partial charge in [0.2, 0.25) is 11.8 Å². The summed E-state index contributed by atoms with van der Waals surface area (Å²) in [5.74, 6) is -0.278. The van der Waals surface area contributed by atoms with Crippen molar-refractivity contribution in [2.24, 2.45) is 0 Å². The molecule has 0 unspecified atom stereocenters. The first-order valence-electron chi connectivity index (χ1n) is 8.57. The molecule has 122 valence electrons. The van der Waals surface area contributed by atoms with Crippen molar-refractivity contribution in [3.63, 3.8) is 0 Å². The fraction of sp³-hybridized carbons (Fsp3) is 0.474. The van der Waals surface area contributed by atoms with E-state index in [1.54, 1.807) is 4.90 Å². The van der Waals surface area contributed by atoms with Crippen molar-refractivity contribution >= 4 is 17.5 Å². The van der Waals surface area contributed by atoms with E-state index in [-0.39, 0.29) is 18.2 Å². The Morgan fingerprint density at radius 3 is 2.83 bits per heavy atom. The van der Waals surface area contributed by atoms with Crippen LogP contribution >= 0.6 is 0 Å². The molecule has 0 radical (unpaired) electrons. The van der Waals surface area contributed by atoms with Crippen LogP contribution in [0.3, 0.4) is 0 Å². The molecule has 1 aromatic carbocycles. The molecule has 4 nitrogen and oxygen atoms in total. The average molecular weight is 312 g/mol. The molecule has 1 heterocycles. The quantitative estimate of drug-likeness (QED) is 0.671. The molecule has 0 spiro atoms. The van der Waals surface area contributed by atoms with E-state index < -0.39 is 0 Å². The SMILES string of the molecule is O=C(CC(=O)N1CCc2ccccc21)NCCC1=CCCCC1. The van der Waals surface area contributed by atoms with Crippen LogP contribution in [0.4, 0.5) is 5.69 Å². The maximum atomic E-state index is 12.3. The third kappa shape index (κ3) is 4.01. The van der Waals surface area contributed by atoms with Gasteiger partial charge in [-0.05, 0) is 50.2 Å². The van der Waals surface area contributed by atoms with Crippen LogP contribution in [0.2, 0.25) is 0 Å². The van der Waals surface area contributed by atoms with E-state index in [1.807, 2.05) is 24.3 Å². The number of para-hydroxylation sites is 1. The third-order valence-electron chi connectivity index (χ3n) is 4.65. The van der Waals surface area contributed by atoms with Crippen molar-refractivity contribution in [1.29, 1.82) is 0 Å². The maximum absolute atomic E-state index is 12.3. The summed E-state index contributed by atoms with van der Waals surface area (Å²) < 4.78 is 0. The second-order valence-electron chi connectivity index (χ2n) is 6.31. The Morgan fingerprint density at radius 1 is 1.13 bits per heavy atom. The third-order valence-corrected chi connectivity index (χ3v) is 4.65. The molecular formula is C19H24N2O2. The molecule has 0 aromatic heterocycles. The number of carbonyl (C=O) groups is 2. The lowest BCUT2D eigenvalue weighted by Gasteiger charge is -2.17. The fourth-order valence-corrected chi connectivity index (χ4v) is 3.39. The van der Waals surface area contributed by atoms with E-state index in [9.17, 15) is 9.59 Å². The van der Waals surface area contributed by atoms with E-state index in [0.29, 0.717) is 13.1 Å². The zero-order chi connectivity index (χ0) is 16.1. The summed E-state index contributed by atoms with van der Waals surface area (Å²) >= 11 is 0. The van der Waals surface area contributed by atoms with Crippen LogP contribution in [0.15, 0.2) is 35.9 Å². The highest BCUT2D eigenvalue weighted by atomic mass is 16.2. The molecule has 2 aliphatic rings. The van der Waals surface area contributed by atoms with E-state index in [4.69, 9.17) is 0 Å². The van der Waals surface area contributed by atoms with E-state index in [1.165, 1.54) is 24.0 Å². The maximum Gasteiger partial charge on any atom is 0.236 e. The van der Waals surface area contributed by atoms with Crippen molar-refractivity contribution in [3.05, 3.63) is 41.5 Å². The Balaban J connectivity index is 1.45. The topological polar surface area (TPSA) is 49.4 Å². The largest absolute Gasteiger partial charge is 0.355 e. The van der Waals surface area contributed by atoms with Crippen molar-refractivity contribution in [2.45, 2.75) is 44.9 Å². The van der Waals surface area contributed by atoms with Gasteiger partial charge in [0, 0.05) is 18.8 Å². The molecule has 0 fully saturated rings. The minimum Gasteiger partial charge on any atom is -0.355 e. The zero-order valence-electron chi connectivity index (χ0n) is 13.5. The van der Waals surface area contributed by atoms with Gasteiger partial charge in [-0.3, -0.25) is 9.59 Å². The molecule has 1 aliphatic heterocycles. The molecule has 0 saturated carbocycles. The molecule has 0 saturated heterocycles. The number of hydrogen-bond acceptors (Lipinski definition) is 2. The van der Waals surface area contributed by atoms with Crippen LogP contribution in [0.25, 0.3) is 0 Å². The first kappa shape index (κ1) is 15.8. The van der Waals surface area contributed by atoms with Crippen LogP contribution in [0.5, 0.6) is 0 Å². The normalized spacial score (nSPS) is 16.7. The van der Waals surface area contributed by atoms with Crippen molar-refractivity contribution in [1.82, 2.24) is 5.32 Å². The number of hydrogen-bond donors (Lipinski definition) is 1. The number of rotatable bonds is 5. The number of nitrogens with one attached hydrogen (secondary N) is 1. The van der Waals surface area contributed by atoms with Gasteiger partial charge in [-0.2, -0.15) is 0 Å². The van der Waals surface area contributed by atoms with Gasteiger partial charge < -0.3 is 10.2 Å². The van der Waals surface area contributed by atoms with Gasteiger partial charge in [-0.15, -0.1) is 0 Å². The van der Waals surface area contributed by atoms with E-state index in [0.717, 1.165) is 31.4 Å². The minimum atomic E-state index is -0.171. The average Bonchev–Trinajstić information content (AvgIpc) is 3.00. The summed E-state index contributed by atoms with van der Waals surface area (Å²) in [4.78, 5) is 26.1. The zero-order valence-corrected chi connectivity index (χ0v) is 13.5. The molecule has 4 heteroatoms. The van der Waals surface area contributed by atoms with Gasteiger partial charge in [-0.1, -0.05) is 29.8 Å². The number of amides is 2. The molecule has 0 atom stereocenters. The first-order chi connectivity index (χ1) is 11.2. The van der Waals surface area contributed by atoms with Crippen molar-refractivity contribution < 1.29 is 9.59 Å². The number of anilines is 1. The van der Waals surface area contributed by atoms with E-state index >= 15 is 0 Å². The van der Waals surface area contributed by atoms with Crippen LogP contribution in [-0.2, 0) is 16.0 Å². The number of carbonyl (C=O) groups excluding carboxylic acids is 2. The Labute approximate surface area is 137 Å². The first-order valence-corrected chi connectivity index (χ1v) is 8.57. The Bertz CT molecular complexity index is 622. The lowest BCUT2D eigenvalue weighted by Crippen LogP contribution is -2.35. The van der Waals surface area contributed by atoms with E-state index in [2.05, 4.69) is 11.4 Å². The lowest BCUT2D eigenvalue weighted by molar-refractivity contribution is -0.127. The Kier molecular flexibility index (Phi) is 5.11. The molecule has 1 aliphatic carbocycles. The van der Waals surface area contributed by atoms with Gasteiger partial charge in [0.25, 0.3) is 0 Å². The van der Waals surface area contributed by atoms with Crippen LogP contribution in [0.1, 0.15) is 44.1 Å². The molecule has 0 bridgehead atoms. The van der Waals surface area contributed by atoms with Crippen molar-refractivity contribution in [3.8, 4) is 0 Å². The molecule has 3 rings (SSSR count). The number of fused-ring (bicyclic) bond motifs is 1. The monoisotopic (exact) mass is 312 g/mol. The number of benzene rings is 1. The second-order valence-corrected chi connectivity index (χ2v) is 6.31. The Morgan fingerprint density at radius 2 is 2.00 bits per heavy atom. The predicted octanol–water partition coefficient (Wildman–Crippen LogP) is 2.97. The van der Waals surface area contributed by atoms with Gasteiger partial charge in [-0.25, -0.2) is 0 Å². The van der Waals surface area contributed by atoms with Crippen LogP contribution in [0, 0.1) is 0 Å². The predicted molar refractivity (Wildman–Crippen MR) is 91.3 cm³/mol. The Hall–Kier alpha value is -2.10. The summed E-state index contributed by atoms with van der Waals surface area (Å²) in [6.07, 6.45) is 8.86. The highest BCUT2D eigenvalue weighted by Crippen LogP contribution is 2.27. The number of allylic oxidation sites excluding steroid dienone is 1. The molecule has 2 amide bonds. The standard InChI is InChI=1S/C19H24N2O2/c22-18(20-12-10-15-6-2-1-3-7-15)14-19(23)21-13-11-16-8-4-5-9-17(16)21/h4-6,8-9H,1-3,7,10-14H2,(H,20,22). The van der Waals surface area contributed by atoms with Gasteiger partial charge in [0.15, 0.2) is 0 Å². The van der Waals surface area contributed by atoms with Crippen LogP contribution < -0.4 is 10.2 Å².